The van der Waals surface area contributed by atoms with Gasteiger partial charge < -0.3 is 20.5 Å². The summed E-state index contributed by atoms with van der Waals surface area (Å²) in [5, 5.41) is 9.72. The number of hydrogen-bond acceptors (Lipinski definition) is 4. The van der Waals surface area contributed by atoms with Crippen LogP contribution in [0.15, 0.2) is 18.2 Å². The standard InChI is InChI=1S/C15H24N2O3/c1-10(2)7-12(16)15(19)17(3)9-11-5-6-14(20-4)13(18)8-11/h5-6,8,10,12,18H,7,9,16H2,1-4H3/t12-/m0/s1. The first kappa shape index (κ1) is 16.3. The maximum absolute atomic E-state index is 12.1. The third-order valence-electron chi connectivity index (χ3n) is 3.08. The Morgan fingerprint density at radius 3 is 2.60 bits per heavy atom. The molecule has 0 aromatic heterocycles. The zero-order valence-electron chi connectivity index (χ0n) is 12.6. The van der Waals surface area contributed by atoms with Crippen molar-refractivity contribution in [2.24, 2.45) is 11.7 Å². The molecule has 0 heterocycles. The average molecular weight is 280 g/mol. The fraction of sp³-hybridized carbons (Fsp3) is 0.533. The zero-order chi connectivity index (χ0) is 15.3. The normalized spacial score (nSPS) is 12.3. The van der Waals surface area contributed by atoms with Crippen LogP contribution in [0.4, 0.5) is 0 Å². The molecule has 1 aromatic rings. The van der Waals surface area contributed by atoms with E-state index >= 15 is 0 Å². The van der Waals surface area contributed by atoms with Crippen molar-refractivity contribution in [1.29, 1.82) is 0 Å². The summed E-state index contributed by atoms with van der Waals surface area (Å²) in [6, 6.07) is 4.61. The second-order valence-corrected chi connectivity index (χ2v) is 5.44. The van der Waals surface area contributed by atoms with Crippen molar-refractivity contribution in [2.75, 3.05) is 14.2 Å². The Labute approximate surface area is 120 Å². The van der Waals surface area contributed by atoms with Crippen LogP contribution in [-0.4, -0.2) is 36.1 Å². The van der Waals surface area contributed by atoms with Crippen molar-refractivity contribution in [2.45, 2.75) is 32.9 Å². The first-order valence-corrected chi connectivity index (χ1v) is 6.71. The molecule has 0 saturated heterocycles. The van der Waals surface area contributed by atoms with Crippen LogP contribution in [0.3, 0.4) is 0 Å². The van der Waals surface area contributed by atoms with E-state index in [1.807, 2.05) is 19.9 Å². The highest BCUT2D eigenvalue weighted by molar-refractivity contribution is 5.81. The van der Waals surface area contributed by atoms with Crippen LogP contribution >= 0.6 is 0 Å². The van der Waals surface area contributed by atoms with E-state index in [1.54, 1.807) is 24.1 Å². The van der Waals surface area contributed by atoms with Gasteiger partial charge in [0.05, 0.1) is 13.2 Å². The summed E-state index contributed by atoms with van der Waals surface area (Å²) in [6.07, 6.45) is 0.664. The van der Waals surface area contributed by atoms with Crippen LogP contribution in [0, 0.1) is 5.92 Å². The van der Waals surface area contributed by atoms with Gasteiger partial charge in [0.25, 0.3) is 0 Å². The summed E-state index contributed by atoms with van der Waals surface area (Å²) in [7, 11) is 3.21. The Bertz CT molecular complexity index is 460. The van der Waals surface area contributed by atoms with E-state index in [1.165, 1.54) is 7.11 Å². The molecule has 0 unspecified atom stereocenters. The molecule has 5 heteroatoms. The van der Waals surface area contributed by atoms with E-state index in [4.69, 9.17) is 10.5 Å². The molecule has 20 heavy (non-hydrogen) atoms. The summed E-state index contributed by atoms with van der Waals surface area (Å²) in [5.74, 6) is 0.776. The Morgan fingerprint density at radius 1 is 1.45 bits per heavy atom. The van der Waals surface area contributed by atoms with Gasteiger partial charge in [0.15, 0.2) is 11.5 Å². The predicted octanol–water partition coefficient (Wildman–Crippen LogP) is 1.73. The lowest BCUT2D eigenvalue weighted by Crippen LogP contribution is -2.42. The molecule has 3 N–H and O–H groups in total. The number of amides is 1. The smallest absolute Gasteiger partial charge is 0.239 e. The topological polar surface area (TPSA) is 75.8 Å². The lowest BCUT2D eigenvalue weighted by molar-refractivity contribution is -0.132. The van der Waals surface area contributed by atoms with Gasteiger partial charge in [-0.2, -0.15) is 0 Å². The molecular weight excluding hydrogens is 256 g/mol. The third-order valence-corrected chi connectivity index (χ3v) is 3.08. The van der Waals surface area contributed by atoms with Crippen LogP contribution in [0.25, 0.3) is 0 Å². The van der Waals surface area contributed by atoms with Crippen molar-refractivity contribution >= 4 is 5.91 Å². The number of benzene rings is 1. The fourth-order valence-electron chi connectivity index (χ4n) is 2.08. The molecule has 1 amide bonds. The molecule has 0 aliphatic rings. The Balaban J connectivity index is 2.68. The minimum Gasteiger partial charge on any atom is -0.504 e. The molecule has 1 rings (SSSR count). The zero-order valence-corrected chi connectivity index (χ0v) is 12.6. The quantitative estimate of drug-likeness (QED) is 0.832. The van der Waals surface area contributed by atoms with Gasteiger partial charge in [-0.3, -0.25) is 4.79 Å². The van der Waals surface area contributed by atoms with Gasteiger partial charge >= 0.3 is 0 Å². The number of rotatable bonds is 6. The molecule has 0 radical (unpaired) electrons. The largest absolute Gasteiger partial charge is 0.504 e. The second kappa shape index (κ2) is 7.14. The van der Waals surface area contributed by atoms with Crippen LogP contribution in [-0.2, 0) is 11.3 Å². The number of aromatic hydroxyl groups is 1. The van der Waals surface area contributed by atoms with Crippen molar-refractivity contribution in [3.05, 3.63) is 23.8 Å². The number of ether oxygens (including phenoxy) is 1. The van der Waals surface area contributed by atoms with Crippen molar-refractivity contribution < 1.29 is 14.6 Å². The van der Waals surface area contributed by atoms with E-state index in [0.29, 0.717) is 24.6 Å². The van der Waals surface area contributed by atoms with E-state index in [-0.39, 0.29) is 11.7 Å². The Hall–Kier alpha value is -1.75. The summed E-state index contributed by atoms with van der Waals surface area (Å²) in [6.45, 7) is 4.48. The molecular formula is C15H24N2O3. The van der Waals surface area contributed by atoms with Crippen molar-refractivity contribution in [3.8, 4) is 11.5 Å². The minimum atomic E-state index is -0.480. The number of carbonyl (C=O) groups excluding carboxylic acids is 1. The lowest BCUT2D eigenvalue weighted by Gasteiger charge is -2.22. The Kier molecular flexibility index (Phi) is 5.82. The van der Waals surface area contributed by atoms with Gasteiger partial charge in [0, 0.05) is 13.6 Å². The second-order valence-electron chi connectivity index (χ2n) is 5.44. The van der Waals surface area contributed by atoms with E-state index in [2.05, 4.69) is 0 Å². The molecule has 5 nitrogen and oxygen atoms in total. The maximum atomic E-state index is 12.1. The first-order chi connectivity index (χ1) is 9.35. The molecule has 0 saturated carbocycles. The highest BCUT2D eigenvalue weighted by Crippen LogP contribution is 2.26. The number of nitrogens with two attached hydrogens (primary N) is 1. The van der Waals surface area contributed by atoms with E-state index in [9.17, 15) is 9.90 Å². The monoisotopic (exact) mass is 280 g/mol. The average Bonchev–Trinajstić information content (AvgIpc) is 2.37. The summed E-state index contributed by atoms with van der Waals surface area (Å²) < 4.78 is 4.98. The van der Waals surface area contributed by atoms with Crippen LogP contribution in [0.5, 0.6) is 11.5 Å². The minimum absolute atomic E-state index is 0.0670. The van der Waals surface area contributed by atoms with Gasteiger partial charge in [-0.1, -0.05) is 19.9 Å². The molecule has 0 aliphatic heterocycles. The highest BCUT2D eigenvalue weighted by Gasteiger charge is 2.19. The molecule has 0 fully saturated rings. The van der Waals surface area contributed by atoms with Crippen LogP contribution < -0.4 is 10.5 Å². The number of nitrogens with zero attached hydrogens (tertiary/aromatic N) is 1. The molecule has 1 atom stereocenters. The summed E-state index contributed by atoms with van der Waals surface area (Å²) >= 11 is 0. The van der Waals surface area contributed by atoms with E-state index < -0.39 is 6.04 Å². The number of phenolic OH excluding ortho intramolecular Hbond substituents is 1. The number of likely N-dealkylation sites (N-methyl/N-ethyl adjacent to an activating group) is 1. The van der Waals surface area contributed by atoms with Crippen LogP contribution in [0.1, 0.15) is 25.8 Å². The number of phenols is 1. The van der Waals surface area contributed by atoms with Crippen molar-refractivity contribution in [1.82, 2.24) is 4.90 Å². The van der Waals surface area contributed by atoms with Gasteiger partial charge in [-0.15, -0.1) is 0 Å². The molecule has 0 aliphatic carbocycles. The van der Waals surface area contributed by atoms with E-state index in [0.717, 1.165) is 5.56 Å². The highest BCUT2D eigenvalue weighted by atomic mass is 16.5. The third kappa shape index (κ3) is 4.42. The van der Waals surface area contributed by atoms with Gasteiger partial charge in [-0.25, -0.2) is 0 Å². The molecule has 112 valence electrons. The van der Waals surface area contributed by atoms with Crippen LogP contribution in [0.2, 0.25) is 0 Å². The lowest BCUT2D eigenvalue weighted by atomic mass is 10.0. The maximum Gasteiger partial charge on any atom is 0.239 e. The van der Waals surface area contributed by atoms with Crippen molar-refractivity contribution in [3.63, 3.8) is 0 Å². The molecule has 0 spiro atoms. The summed E-state index contributed by atoms with van der Waals surface area (Å²) in [5.41, 5.74) is 6.72. The van der Waals surface area contributed by atoms with Gasteiger partial charge in [0.2, 0.25) is 5.91 Å². The summed E-state index contributed by atoms with van der Waals surface area (Å²) in [4.78, 5) is 13.7. The first-order valence-electron chi connectivity index (χ1n) is 6.71. The fourth-order valence-corrected chi connectivity index (χ4v) is 2.08. The van der Waals surface area contributed by atoms with Gasteiger partial charge in [0.1, 0.15) is 0 Å². The SMILES string of the molecule is COc1ccc(CN(C)C(=O)[C@@H](N)CC(C)C)cc1O. The van der Waals surface area contributed by atoms with Gasteiger partial charge in [-0.05, 0) is 30.0 Å². The molecule has 1 aromatic carbocycles. The number of carbonyl (C=O) groups is 1. The number of methoxy groups -OCH3 is 1. The molecule has 0 bridgehead atoms. The predicted molar refractivity (Wildman–Crippen MR) is 78.6 cm³/mol. The number of hydrogen-bond donors (Lipinski definition) is 2. The Morgan fingerprint density at radius 2 is 2.10 bits per heavy atom.